The van der Waals surface area contributed by atoms with Crippen molar-refractivity contribution in [3.8, 4) is 0 Å². The number of nitrogens with one attached hydrogen (secondary N) is 1. The lowest BCUT2D eigenvalue weighted by Crippen LogP contribution is -2.23. The van der Waals surface area contributed by atoms with E-state index < -0.39 is 0 Å². The summed E-state index contributed by atoms with van der Waals surface area (Å²) >= 11 is 1.66. The van der Waals surface area contributed by atoms with Crippen LogP contribution in [0.15, 0.2) is 54.6 Å². The van der Waals surface area contributed by atoms with E-state index in [2.05, 4.69) is 37.4 Å². The predicted molar refractivity (Wildman–Crippen MR) is 101 cm³/mol. The van der Waals surface area contributed by atoms with Crippen LogP contribution in [0.4, 0.5) is 5.69 Å². The standard InChI is InChI=1S/C20H25NOS/c1-4-15(2)18-12-8-9-13-19(18)21-20(22)16(3)23-14-17-10-6-5-7-11-17/h5-13,15-16H,4,14H2,1-3H3,(H,21,22). The van der Waals surface area contributed by atoms with Gasteiger partial charge in [0, 0.05) is 11.4 Å². The summed E-state index contributed by atoms with van der Waals surface area (Å²) in [6.45, 7) is 6.33. The zero-order chi connectivity index (χ0) is 16.7. The average Bonchev–Trinajstić information content (AvgIpc) is 2.60. The fraction of sp³-hybridized carbons (Fsp3) is 0.350. The molecule has 0 aliphatic rings. The first-order valence-corrected chi connectivity index (χ1v) is 9.22. The molecular weight excluding hydrogens is 302 g/mol. The third-order valence-corrected chi connectivity index (χ3v) is 5.29. The summed E-state index contributed by atoms with van der Waals surface area (Å²) in [5.41, 5.74) is 3.40. The van der Waals surface area contributed by atoms with Crippen LogP contribution < -0.4 is 5.32 Å². The first-order chi connectivity index (χ1) is 11.1. The molecule has 0 bridgehead atoms. The highest BCUT2D eigenvalue weighted by atomic mass is 32.2. The topological polar surface area (TPSA) is 29.1 Å². The van der Waals surface area contributed by atoms with Crippen LogP contribution in [0.2, 0.25) is 0 Å². The van der Waals surface area contributed by atoms with Gasteiger partial charge < -0.3 is 5.32 Å². The molecule has 0 aromatic heterocycles. The normalized spacial score (nSPS) is 13.3. The second-order valence-corrected chi connectivity index (χ2v) is 7.15. The van der Waals surface area contributed by atoms with E-state index >= 15 is 0 Å². The van der Waals surface area contributed by atoms with Crippen molar-refractivity contribution in [1.29, 1.82) is 0 Å². The minimum atomic E-state index is -0.0832. The van der Waals surface area contributed by atoms with Gasteiger partial charge in [-0.3, -0.25) is 4.79 Å². The Balaban J connectivity index is 1.96. The Morgan fingerprint density at radius 3 is 2.39 bits per heavy atom. The lowest BCUT2D eigenvalue weighted by Gasteiger charge is -2.17. The van der Waals surface area contributed by atoms with Crippen LogP contribution >= 0.6 is 11.8 Å². The smallest absolute Gasteiger partial charge is 0.237 e. The largest absolute Gasteiger partial charge is 0.325 e. The van der Waals surface area contributed by atoms with Crippen LogP contribution in [0.25, 0.3) is 0 Å². The quantitative estimate of drug-likeness (QED) is 0.731. The molecule has 0 aliphatic heterocycles. The van der Waals surface area contributed by atoms with E-state index in [1.807, 2.05) is 43.3 Å². The molecule has 2 nitrogen and oxygen atoms in total. The van der Waals surface area contributed by atoms with Crippen molar-refractivity contribution in [2.24, 2.45) is 0 Å². The lowest BCUT2D eigenvalue weighted by atomic mass is 9.97. The Labute approximate surface area is 143 Å². The molecule has 2 aromatic carbocycles. The minimum Gasteiger partial charge on any atom is -0.325 e. The summed E-state index contributed by atoms with van der Waals surface area (Å²) in [5.74, 6) is 1.36. The molecule has 2 unspecified atom stereocenters. The highest BCUT2D eigenvalue weighted by molar-refractivity contribution is 7.99. The number of thioether (sulfide) groups is 1. The van der Waals surface area contributed by atoms with Crippen molar-refractivity contribution >= 4 is 23.4 Å². The average molecular weight is 327 g/mol. The van der Waals surface area contributed by atoms with E-state index in [0.29, 0.717) is 5.92 Å². The molecule has 0 spiro atoms. The number of para-hydroxylation sites is 1. The number of rotatable bonds is 7. The molecule has 122 valence electrons. The molecule has 0 saturated heterocycles. The van der Waals surface area contributed by atoms with Crippen molar-refractivity contribution in [3.63, 3.8) is 0 Å². The Hall–Kier alpha value is -1.74. The second kappa shape index (κ2) is 8.78. The summed E-state index contributed by atoms with van der Waals surface area (Å²) in [5, 5.41) is 3.02. The van der Waals surface area contributed by atoms with E-state index in [0.717, 1.165) is 17.9 Å². The summed E-state index contributed by atoms with van der Waals surface area (Å²) in [4.78, 5) is 12.5. The Morgan fingerprint density at radius 2 is 1.70 bits per heavy atom. The molecule has 3 heteroatoms. The molecule has 23 heavy (non-hydrogen) atoms. The highest BCUT2D eigenvalue weighted by Gasteiger charge is 2.16. The van der Waals surface area contributed by atoms with Gasteiger partial charge in [-0.25, -0.2) is 0 Å². The number of benzene rings is 2. The molecule has 2 aromatic rings. The van der Waals surface area contributed by atoms with Gasteiger partial charge in [0.05, 0.1) is 5.25 Å². The summed E-state index contributed by atoms with van der Waals surface area (Å²) in [7, 11) is 0. The lowest BCUT2D eigenvalue weighted by molar-refractivity contribution is -0.115. The first kappa shape index (κ1) is 17.6. The van der Waals surface area contributed by atoms with E-state index in [1.54, 1.807) is 11.8 Å². The molecule has 1 amide bonds. The molecule has 0 fully saturated rings. The van der Waals surface area contributed by atoms with E-state index in [4.69, 9.17) is 0 Å². The SMILES string of the molecule is CCC(C)c1ccccc1NC(=O)C(C)SCc1ccccc1. The van der Waals surface area contributed by atoms with Gasteiger partial charge in [0.15, 0.2) is 0 Å². The van der Waals surface area contributed by atoms with Gasteiger partial charge in [0.2, 0.25) is 5.91 Å². The van der Waals surface area contributed by atoms with Crippen LogP contribution in [0.3, 0.4) is 0 Å². The number of carbonyl (C=O) groups is 1. The minimum absolute atomic E-state index is 0.0710. The van der Waals surface area contributed by atoms with Gasteiger partial charge in [-0.05, 0) is 36.5 Å². The van der Waals surface area contributed by atoms with Gasteiger partial charge in [-0.1, -0.05) is 62.4 Å². The van der Waals surface area contributed by atoms with Crippen LogP contribution in [0, 0.1) is 0 Å². The molecule has 1 N–H and O–H groups in total. The molecule has 0 heterocycles. The number of hydrogen-bond acceptors (Lipinski definition) is 2. The second-order valence-electron chi connectivity index (χ2n) is 5.82. The summed E-state index contributed by atoms with van der Waals surface area (Å²) < 4.78 is 0. The van der Waals surface area contributed by atoms with Gasteiger partial charge in [-0.2, -0.15) is 0 Å². The van der Waals surface area contributed by atoms with Gasteiger partial charge in [-0.15, -0.1) is 11.8 Å². The van der Waals surface area contributed by atoms with Crippen LogP contribution in [-0.2, 0) is 10.5 Å². The third kappa shape index (κ3) is 5.14. The van der Waals surface area contributed by atoms with Gasteiger partial charge >= 0.3 is 0 Å². The predicted octanol–water partition coefficient (Wildman–Crippen LogP) is 5.46. The Bertz CT molecular complexity index is 627. The molecule has 0 saturated carbocycles. The molecule has 2 atom stereocenters. The first-order valence-electron chi connectivity index (χ1n) is 8.17. The highest BCUT2D eigenvalue weighted by Crippen LogP contribution is 2.27. The molecule has 0 aliphatic carbocycles. The monoisotopic (exact) mass is 327 g/mol. The zero-order valence-electron chi connectivity index (χ0n) is 14.1. The van der Waals surface area contributed by atoms with Gasteiger partial charge in [0.25, 0.3) is 0 Å². The Kier molecular flexibility index (Phi) is 6.72. The van der Waals surface area contributed by atoms with Crippen LogP contribution in [0.1, 0.15) is 44.2 Å². The van der Waals surface area contributed by atoms with E-state index in [1.165, 1.54) is 11.1 Å². The van der Waals surface area contributed by atoms with E-state index in [-0.39, 0.29) is 11.2 Å². The van der Waals surface area contributed by atoms with E-state index in [9.17, 15) is 4.79 Å². The number of amides is 1. The van der Waals surface area contributed by atoms with Crippen LogP contribution in [0.5, 0.6) is 0 Å². The van der Waals surface area contributed by atoms with Crippen LogP contribution in [-0.4, -0.2) is 11.2 Å². The number of anilines is 1. The molecule has 2 rings (SSSR count). The third-order valence-electron chi connectivity index (χ3n) is 4.07. The van der Waals surface area contributed by atoms with Crippen molar-refractivity contribution in [1.82, 2.24) is 0 Å². The fourth-order valence-corrected chi connectivity index (χ4v) is 3.21. The number of hydrogen-bond donors (Lipinski definition) is 1. The summed E-state index contributed by atoms with van der Waals surface area (Å²) in [6.07, 6.45) is 1.06. The maximum absolute atomic E-state index is 12.5. The fourth-order valence-electron chi connectivity index (χ4n) is 2.37. The Morgan fingerprint density at radius 1 is 1.04 bits per heavy atom. The molecule has 0 radical (unpaired) electrons. The van der Waals surface area contributed by atoms with Gasteiger partial charge in [0.1, 0.15) is 0 Å². The number of carbonyl (C=O) groups excluding carboxylic acids is 1. The molecular formula is C20H25NOS. The van der Waals surface area contributed by atoms with Crippen molar-refractivity contribution in [2.75, 3.05) is 5.32 Å². The maximum Gasteiger partial charge on any atom is 0.237 e. The summed E-state index contributed by atoms with van der Waals surface area (Å²) in [6, 6.07) is 18.4. The zero-order valence-corrected chi connectivity index (χ0v) is 14.9. The van der Waals surface area contributed by atoms with Crippen molar-refractivity contribution in [3.05, 3.63) is 65.7 Å². The van der Waals surface area contributed by atoms with Crippen molar-refractivity contribution in [2.45, 2.75) is 44.1 Å². The maximum atomic E-state index is 12.5. The van der Waals surface area contributed by atoms with Crippen molar-refractivity contribution < 1.29 is 4.79 Å².